The topological polar surface area (TPSA) is 60.4 Å². The normalized spacial score (nSPS) is 23.0. The second kappa shape index (κ2) is 7.93. The number of benzene rings is 1. The van der Waals surface area contributed by atoms with Gasteiger partial charge in [0.15, 0.2) is 9.84 Å². The number of alkyl halides is 2. The van der Waals surface area contributed by atoms with Gasteiger partial charge in [-0.1, -0.05) is 6.07 Å². The molecule has 0 amide bonds. The van der Waals surface area contributed by atoms with Gasteiger partial charge in [0.2, 0.25) is 5.92 Å². The molecule has 1 aromatic rings. The molecule has 0 saturated heterocycles. The second-order valence-corrected chi connectivity index (χ2v) is 10.7. The number of carbonyl (C=O) groups excluding carboxylic acids is 1. The minimum absolute atomic E-state index is 0.157. The fraction of sp³-hybridized carbons (Fsp3) is 0.565. The Morgan fingerprint density at radius 2 is 1.97 bits per heavy atom. The summed E-state index contributed by atoms with van der Waals surface area (Å²) in [5.74, 6) is -3.43. The Labute approximate surface area is 175 Å². The highest BCUT2D eigenvalue weighted by Gasteiger charge is 2.41. The van der Waals surface area contributed by atoms with Crippen LogP contribution in [0.4, 0.5) is 8.78 Å². The van der Waals surface area contributed by atoms with Crippen LogP contribution in [-0.2, 0) is 19.4 Å². The molecule has 3 fully saturated rings. The maximum atomic E-state index is 13.5. The van der Waals surface area contributed by atoms with Crippen molar-refractivity contribution in [3.8, 4) is 0 Å². The van der Waals surface area contributed by atoms with Crippen LogP contribution in [0.5, 0.6) is 0 Å². The minimum Gasteiger partial charge on any atom is -0.462 e. The Balaban J connectivity index is 1.73. The van der Waals surface area contributed by atoms with E-state index in [2.05, 4.69) is 5.73 Å². The third-order valence-electron chi connectivity index (χ3n) is 5.97. The van der Waals surface area contributed by atoms with Gasteiger partial charge >= 0.3 is 5.97 Å². The fourth-order valence-electron chi connectivity index (χ4n) is 4.03. The summed E-state index contributed by atoms with van der Waals surface area (Å²) in [5.41, 5.74) is 4.34. The predicted octanol–water partition coefficient (Wildman–Crippen LogP) is 5.04. The van der Waals surface area contributed by atoms with Gasteiger partial charge in [0.25, 0.3) is 0 Å². The Bertz CT molecular complexity index is 1010. The lowest BCUT2D eigenvalue weighted by molar-refractivity contribution is -0.136. The molecule has 7 heteroatoms. The summed E-state index contributed by atoms with van der Waals surface area (Å²) in [6.07, 6.45) is 4.70. The first kappa shape index (κ1) is 21.3. The number of sulfone groups is 1. The summed E-state index contributed by atoms with van der Waals surface area (Å²) in [6, 6.07) is 4.95. The van der Waals surface area contributed by atoms with Crippen molar-refractivity contribution in [2.24, 2.45) is 5.92 Å². The molecule has 0 unspecified atom stereocenters. The molecule has 3 saturated carbocycles. The van der Waals surface area contributed by atoms with Gasteiger partial charge in [-0.15, -0.1) is 5.73 Å². The number of hydrogen-bond acceptors (Lipinski definition) is 4. The molecule has 0 bridgehead atoms. The van der Waals surface area contributed by atoms with Crippen LogP contribution < -0.4 is 0 Å². The Kier molecular flexibility index (Phi) is 5.62. The van der Waals surface area contributed by atoms with Crippen LogP contribution in [0.2, 0.25) is 0 Å². The molecule has 162 valence electrons. The van der Waals surface area contributed by atoms with Crippen LogP contribution >= 0.6 is 0 Å². The first-order valence-electron chi connectivity index (χ1n) is 10.6. The molecular weight excluding hydrogens is 410 g/mol. The lowest BCUT2D eigenvalue weighted by atomic mass is 10.0. The number of hydrogen-bond donors (Lipinski definition) is 0. The second-order valence-electron chi connectivity index (χ2n) is 8.54. The monoisotopic (exact) mass is 436 g/mol. The Morgan fingerprint density at radius 3 is 2.53 bits per heavy atom. The average molecular weight is 437 g/mol. The highest BCUT2D eigenvalue weighted by atomic mass is 32.2. The van der Waals surface area contributed by atoms with Gasteiger partial charge in [-0.25, -0.2) is 22.0 Å². The third kappa shape index (κ3) is 4.52. The summed E-state index contributed by atoms with van der Waals surface area (Å²) in [4.78, 5) is 12.9. The predicted molar refractivity (Wildman–Crippen MR) is 109 cm³/mol. The fourth-order valence-corrected chi connectivity index (χ4v) is 5.95. The number of esters is 1. The van der Waals surface area contributed by atoms with Crippen molar-refractivity contribution in [2.45, 2.75) is 73.9 Å². The molecule has 30 heavy (non-hydrogen) atoms. The van der Waals surface area contributed by atoms with Crippen molar-refractivity contribution in [3.63, 3.8) is 0 Å². The highest BCUT2D eigenvalue weighted by Crippen LogP contribution is 2.46. The molecule has 1 atom stereocenters. The standard InChI is InChI=1S/C23H26F2O4S/c1-2-29-22(26)19(9-3-15-11-12-23(24,25)14-15)17-6-10-21(20(13-17)16-4-5-16)30(27,28)18-7-8-18/h3,6,10,13,15-16,18H,2,4-5,7-8,11-12,14H2,1H3/t9?,15-/m0/s1. The van der Waals surface area contributed by atoms with E-state index in [4.69, 9.17) is 4.74 Å². The lowest BCUT2D eigenvalue weighted by Crippen LogP contribution is -2.11. The number of carbonyl (C=O) groups is 1. The third-order valence-corrected chi connectivity index (χ3v) is 8.30. The van der Waals surface area contributed by atoms with Crippen LogP contribution in [0, 0.1) is 5.92 Å². The molecule has 4 nitrogen and oxygen atoms in total. The van der Waals surface area contributed by atoms with Gasteiger partial charge in [-0.05, 0) is 80.2 Å². The van der Waals surface area contributed by atoms with Crippen molar-refractivity contribution in [2.75, 3.05) is 6.61 Å². The van der Waals surface area contributed by atoms with Crippen molar-refractivity contribution in [1.29, 1.82) is 0 Å². The van der Waals surface area contributed by atoms with E-state index in [0.29, 0.717) is 29.7 Å². The molecule has 0 radical (unpaired) electrons. The van der Waals surface area contributed by atoms with Gasteiger partial charge in [0.1, 0.15) is 5.57 Å². The van der Waals surface area contributed by atoms with Gasteiger partial charge in [-0.2, -0.15) is 0 Å². The Morgan fingerprint density at radius 1 is 1.23 bits per heavy atom. The van der Waals surface area contributed by atoms with Gasteiger partial charge in [0.05, 0.1) is 16.8 Å². The lowest BCUT2D eigenvalue weighted by Gasteiger charge is -2.13. The average Bonchev–Trinajstić information content (AvgIpc) is 3.59. The van der Waals surface area contributed by atoms with Crippen LogP contribution in [0.3, 0.4) is 0 Å². The zero-order valence-electron chi connectivity index (χ0n) is 17.0. The number of rotatable bonds is 7. The molecule has 1 aromatic carbocycles. The number of halogens is 2. The van der Waals surface area contributed by atoms with Gasteiger partial charge in [-0.3, -0.25) is 0 Å². The zero-order chi connectivity index (χ0) is 21.5. The van der Waals surface area contributed by atoms with Crippen LogP contribution in [0.15, 0.2) is 34.9 Å². The van der Waals surface area contributed by atoms with Crippen molar-refractivity contribution in [1.82, 2.24) is 0 Å². The first-order chi connectivity index (χ1) is 14.2. The summed E-state index contributed by atoms with van der Waals surface area (Å²) in [7, 11) is -3.35. The summed E-state index contributed by atoms with van der Waals surface area (Å²) < 4.78 is 57.8. The van der Waals surface area contributed by atoms with Gasteiger partial charge < -0.3 is 4.74 Å². The molecule has 4 rings (SSSR count). The van der Waals surface area contributed by atoms with E-state index >= 15 is 0 Å². The quantitative estimate of drug-likeness (QED) is 0.341. The van der Waals surface area contributed by atoms with Crippen molar-refractivity contribution < 1.29 is 26.7 Å². The van der Waals surface area contributed by atoms with E-state index in [0.717, 1.165) is 18.4 Å². The van der Waals surface area contributed by atoms with E-state index in [9.17, 15) is 22.0 Å². The molecule has 0 N–H and O–H groups in total. The van der Waals surface area contributed by atoms with Crippen LogP contribution in [-0.4, -0.2) is 32.2 Å². The first-order valence-corrected chi connectivity index (χ1v) is 12.2. The maximum Gasteiger partial charge on any atom is 0.346 e. The SMILES string of the molecule is CCOC(=O)C(=C=C[C@H]1CCC(F)(F)C1)c1ccc(S(=O)(=O)C2CC2)c(C2CC2)c1. The van der Waals surface area contributed by atoms with E-state index in [-0.39, 0.29) is 42.1 Å². The van der Waals surface area contributed by atoms with E-state index in [1.54, 1.807) is 31.2 Å². The van der Waals surface area contributed by atoms with Crippen LogP contribution in [0.25, 0.3) is 5.57 Å². The summed E-state index contributed by atoms with van der Waals surface area (Å²) in [5, 5.41) is -0.301. The Hall–Kier alpha value is -1.98. The molecule has 0 heterocycles. The van der Waals surface area contributed by atoms with E-state index in [1.165, 1.54) is 0 Å². The van der Waals surface area contributed by atoms with E-state index < -0.39 is 21.7 Å². The minimum atomic E-state index is -3.35. The molecule has 3 aliphatic rings. The highest BCUT2D eigenvalue weighted by molar-refractivity contribution is 7.92. The maximum absolute atomic E-state index is 13.5. The van der Waals surface area contributed by atoms with E-state index in [1.807, 2.05) is 0 Å². The van der Waals surface area contributed by atoms with Gasteiger partial charge in [0, 0.05) is 12.8 Å². The smallest absolute Gasteiger partial charge is 0.346 e. The van der Waals surface area contributed by atoms with Crippen molar-refractivity contribution >= 4 is 21.4 Å². The summed E-state index contributed by atoms with van der Waals surface area (Å²) >= 11 is 0. The van der Waals surface area contributed by atoms with Crippen LogP contribution in [0.1, 0.15) is 68.9 Å². The summed E-state index contributed by atoms with van der Waals surface area (Å²) in [6.45, 7) is 1.87. The number of ether oxygens (including phenoxy) is 1. The largest absolute Gasteiger partial charge is 0.462 e. The molecule has 0 aliphatic heterocycles. The molecule has 3 aliphatic carbocycles. The molecule has 0 spiro atoms. The molecule has 0 aromatic heterocycles. The van der Waals surface area contributed by atoms with Crippen molar-refractivity contribution in [3.05, 3.63) is 41.1 Å². The zero-order valence-corrected chi connectivity index (χ0v) is 17.8. The molecular formula is C23H26F2O4S.